The molecule has 1 aromatic rings. The fourth-order valence-corrected chi connectivity index (χ4v) is 2.19. The molecule has 1 heterocycles. The van der Waals surface area contributed by atoms with Crippen LogP contribution >= 0.6 is 0 Å². The van der Waals surface area contributed by atoms with Crippen molar-refractivity contribution in [1.82, 2.24) is 4.90 Å². The van der Waals surface area contributed by atoms with Gasteiger partial charge in [-0.05, 0) is 19.5 Å². The zero-order chi connectivity index (χ0) is 18.3. The predicted molar refractivity (Wildman–Crippen MR) is 84.5 cm³/mol. The molecule has 24 heavy (non-hydrogen) atoms. The topological polar surface area (TPSA) is 128 Å². The number of carbonyl (C=O) groups is 2. The van der Waals surface area contributed by atoms with E-state index in [9.17, 15) is 9.59 Å². The highest BCUT2D eigenvalue weighted by Crippen LogP contribution is 2.26. The first kappa shape index (κ1) is 20.0. The van der Waals surface area contributed by atoms with Crippen molar-refractivity contribution >= 4 is 11.9 Å². The second-order valence-corrected chi connectivity index (χ2v) is 5.49. The minimum atomic E-state index is -2.27. The molecule has 2 rings (SSSR count). The molecule has 134 valence electrons. The highest BCUT2D eigenvalue weighted by Gasteiger charge is 2.29. The lowest BCUT2D eigenvalue weighted by molar-refractivity contribution is -0.165. The maximum atomic E-state index is 9.77. The van der Waals surface area contributed by atoms with Gasteiger partial charge in [-0.15, -0.1) is 0 Å². The Bertz CT molecular complexity index is 518. The minimum Gasteiger partial charge on any atom is -0.479 e. The van der Waals surface area contributed by atoms with Gasteiger partial charge < -0.3 is 25.2 Å². The Morgan fingerprint density at radius 1 is 1.12 bits per heavy atom. The molecule has 1 aliphatic rings. The number of hydrogen-bond acceptors (Lipinski definition) is 6. The van der Waals surface area contributed by atoms with Gasteiger partial charge >= 0.3 is 11.9 Å². The van der Waals surface area contributed by atoms with Gasteiger partial charge in [0.15, 0.2) is 12.2 Å². The van der Waals surface area contributed by atoms with Gasteiger partial charge in [0, 0.05) is 12.6 Å². The summed E-state index contributed by atoms with van der Waals surface area (Å²) in [5.41, 5.74) is 1.28. The van der Waals surface area contributed by atoms with Gasteiger partial charge in [0.25, 0.3) is 0 Å². The number of aliphatic hydroxyl groups is 2. The van der Waals surface area contributed by atoms with Crippen LogP contribution in [0.1, 0.15) is 18.6 Å². The van der Waals surface area contributed by atoms with Crippen LogP contribution in [0.15, 0.2) is 30.3 Å². The van der Waals surface area contributed by atoms with Crippen molar-refractivity contribution < 1.29 is 34.8 Å². The third kappa shape index (κ3) is 5.57. The summed E-state index contributed by atoms with van der Waals surface area (Å²) in [7, 11) is 2.16. The second kappa shape index (κ2) is 9.33. The lowest BCUT2D eigenvalue weighted by Gasteiger charge is -2.37. The van der Waals surface area contributed by atoms with Crippen LogP contribution in [-0.4, -0.2) is 75.7 Å². The first-order valence-electron chi connectivity index (χ1n) is 7.44. The van der Waals surface area contributed by atoms with Crippen LogP contribution in [0.3, 0.4) is 0 Å². The van der Waals surface area contributed by atoms with Gasteiger partial charge in [-0.25, -0.2) is 9.59 Å². The molecule has 4 N–H and O–H groups in total. The quantitative estimate of drug-likeness (QED) is 0.600. The molecule has 0 spiro atoms. The Morgan fingerprint density at radius 2 is 1.62 bits per heavy atom. The number of carboxylic acid groups (broad SMARTS) is 2. The molecule has 1 fully saturated rings. The Balaban J connectivity index is 0.000000257. The summed E-state index contributed by atoms with van der Waals surface area (Å²) in [6.45, 7) is 4.09. The molecule has 0 radical (unpaired) electrons. The minimum absolute atomic E-state index is 0.231. The number of ether oxygens (including phenoxy) is 1. The smallest absolute Gasteiger partial charge is 0.335 e. The molecule has 0 aliphatic carbocycles. The first-order chi connectivity index (χ1) is 11.3. The number of aliphatic hydroxyl groups excluding tert-OH is 2. The Morgan fingerprint density at radius 3 is 2.08 bits per heavy atom. The van der Waals surface area contributed by atoms with Crippen molar-refractivity contribution in [2.75, 3.05) is 20.2 Å². The lowest BCUT2D eigenvalue weighted by Crippen LogP contribution is -2.42. The summed E-state index contributed by atoms with van der Waals surface area (Å²) < 4.78 is 5.80. The molecule has 0 bridgehead atoms. The number of morpholine rings is 1. The summed E-state index contributed by atoms with van der Waals surface area (Å²) in [5.74, 6) is -3.54. The van der Waals surface area contributed by atoms with Gasteiger partial charge in [-0.1, -0.05) is 30.3 Å². The third-order valence-electron chi connectivity index (χ3n) is 3.81. The van der Waals surface area contributed by atoms with Crippen molar-refractivity contribution in [2.45, 2.75) is 31.3 Å². The lowest BCUT2D eigenvalue weighted by atomic mass is 10.0. The normalized spacial score (nSPS) is 23.5. The van der Waals surface area contributed by atoms with Gasteiger partial charge in [0.05, 0.1) is 12.7 Å². The molecule has 8 nitrogen and oxygen atoms in total. The summed E-state index contributed by atoms with van der Waals surface area (Å²) in [5, 5.41) is 32.5. The monoisotopic (exact) mass is 341 g/mol. The summed E-state index contributed by atoms with van der Waals surface area (Å²) in [6, 6.07) is 10.9. The van der Waals surface area contributed by atoms with E-state index in [1.807, 2.05) is 6.07 Å². The van der Waals surface area contributed by atoms with Crippen LogP contribution in [0.25, 0.3) is 0 Å². The zero-order valence-corrected chi connectivity index (χ0v) is 13.6. The highest BCUT2D eigenvalue weighted by atomic mass is 16.5. The molecule has 1 aromatic carbocycles. The fraction of sp³-hybridized carbons (Fsp3) is 0.500. The van der Waals surface area contributed by atoms with Crippen molar-refractivity contribution in [2.24, 2.45) is 0 Å². The summed E-state index contributed by atoms with van der Waals surface area (Å²) in [4.78, 5) is 21.9. The molecular weight excluding hydrogens is 318 g/mol. The standard InChI is InChI=1S/C12H17NO.C4H6O6/c1-10-12(14-9-8-13(10)2)11-6-4-3-5-7-11;5-1(3(7)8)2(6)4(9)10/h3-7,10,12H,8-9H2,1-2H3;1-2,5-6H,(H,7,8)(H,9,10)/t10-,12+;1-,2-/m01/s1. The third-order valence-corrected chi connectivity index (χ3v) is 3.81. The SMILES string of the molecule is C[C@H]1[C@H](c2ccccc2)OCCN1C.O=C(O)[C@H](O)[C@@H](O)C(=O)O. The first-order valence-corrected chi connectivity index (χ1v) is 7.44. The molecule has 0 amide bonds. The van der Waals surface area contributed by atoms with Crippen molar-refractivity contribution in [1.29, 1.82) is 0 Å². The van der Waals surface area contributed by atoms with Crippen LogP contribution < -0.4 is 0 Å². The second-order valence-electron chi connectivity index (χ2n) is 5.49. The van der Waals surface area contributed by atoms with Crippen LogP contribution in [-0.2, 0) is 14.3 Å². The van der Waals surface area contributed by atoms with E-state index in [0.717, 1.165) is 13.2 Å². The average molecular weight is 341 g/mol. The zero-order valence-electron chi connectivity index (χ0n) is 13.6. The molecular formula is C16H23NO7. The van der Waals surface area contributed by atoms with E-state index in [0.29, 0.717) is 6.04 Å². The Hall–Kier alpha value is -2.00. The van der Waals surface area contributed by atoms with Crippen LogP contribution in [0, 0.1) is 0 Å². The van der Waals surface area contributed by atoms with Crippen LogP contribution in [0.4, 0.5) is 0 Å². The van der Waals surface area contributed by atoms with E-state index in [4.69, 9.17) is 25.2 Å². The predicted octanol–water partition coefficient (Wildman–Crippen LogP) is -0.0444. The van der Waals surface area contributed by atoms with Gasteiger partial charge in [-0.2, -0.15) is 0 Å². The number of benzene rings is 1. The summed E-state index contributed by atoms with van der Waals surface area (Å²) >= 11 is 0. The van der Waals surface area contributed by atoms with E-state index in [-0.39, 0.29) is 6.10 Å². The average Bonchev–Trinajstić information content (AvgIpc) is 2.57. The molecule has 8 heteroatoms. The van der Waals surface area contributed by atoms with E-state index in [1.165, 1.54) is 5.56 Å². The number of likely N-dealkylation sites (N-methyl/N-ethyl adjacent to an activating group) is 1. The van der Waals surface area contributed by atoms with Gasteiger partial charge in [-0.3, -0.25) is 4.90 Å². The molecule has 4 atom stereocenters. The van der Waals surface area contributed by atoms with Crippen molar-refractivity contribution in [3.05, 3.63) is 35.9 Å². The number of nitrogens with zero attached hydrogens (tertiary/aromatic N) is 1. The molecule has 0 aromatic heterocycles. The fourth-order valence-electron chi connectivity index (χ4n) is 2.19. The summed E-state index contributed by atoms with van der Waals surface area (Å²) in [6.07, 6.45) is -4.30. The maximum Gasteiger partial charge on any atom is 0.335 e. The van der Waals surface area contributed by atoms with E-state index in [2.05, 4.69) is 43.1 Å². The largest absolute Gasteiger partial charge is 0.479 e. The molecule has 1 saturated heterocycles. The molecule has 1 aliphatic heterocycles. The van der Waals surface area contributed by atoms with E-state index < -0.39 is 24.1 Å². The van der Waals surface area contributed by atoms with E-state index in [1.54, 1.807) is 0 Å². The van der Waals surface area contributed by atoms with Crippen LogP contribution in [0.2, 0.25) is 0 Å². The van der Waals surface area contributed by atoms with Crippen molar-refractivity contribution in [3.63, 3.8) is 0 Å². The Labute approximate surface area is 139 Å². The van der Waals surface area contributed by atoms with Gasteiger partial charge in [0.2, 0.25) is 0 Å². The molecule has 0 saturated carbocycles. The van der Waals surface area contributed by atoms with Crippen molar-refractivity contribution in [3.8, 4) is 0 Å². The maximum absolute atomic E-state index is 9.77. The van der Waals surface area contributed by atoms with Gasteiger partial charge in [0.1, 0.15) is 0 Å². The number of aliphatic carboxylic acids is 2. The number of carboxylic acids is 2. The molecule has 0 unspecified atom stereocenters. The number of rotatable bonds is 4. The Kier molecular flexibility index (Phi) is 7.80. The highest BCUT2D eigenvalue weighted by molar-refractivity contribution is 5.83. The number of hydrogen-bond donors (Lipinski definition) is 4. The van der Waals surface area contributed by atoms with E-state index >= 15 is 0 Å². The van der Waals surface area contributed by atoms with Crippen LogP contribution in [0.5, 0.6) is 0 Å².